The number of hydrogen-bond acceptors (Lipinski definition) is 9. The highest BCUT2D eigenvalue weighted by atomic mass is 35.5. The van der Waals surface area contributed by atoms with Gasteiger partial charge in [-0.05, 0) is 83.4 Å². The minimum Gasteiger partial charge on any atom is -0.369 e. The molecular formula is C29H53Cl4N3O7P2. The average Bonchev–Trinajstić information content (AvgIpc) is 3.40. The van der Waals surface area contributed by atoms with Crippen molar-refractivity contribution < 1.29 is 32.0 Å². The van der Waals surface area contributed by atoms with Crippen LogP contribution in [0.15, 0.2) is 24.3 Å². The Morgan fingerprint density at radius 3 is 1.84 bits per heavy atom. The molecule has 1 aliphatic rings. The standard InChI is InChI=1S/C29H51Cl2N3O7P2.2ClH/c1-5-38-42(36,39-6-2)28(43(37,40-7-3)41-8-4)17-14-24-10-9-11-27(24)33-29(35)26(32)22-23-12-15-25(16-13-23)34(20-18-30)21-19-31;;/h12-13,15-16,24,26-28H,5-11,14,17-22,32H2,1-4H3,(H,33,35);2*1H/t24?,26-,27?;;/m0../s1. The van der Waals surface area contributed by atoms with E-state index in [-0.39, 0.29) is 75.5 Å². The van der Waals surface area contributed by atoms with Gasteiger partial charge >= 0.3 is 15.2 Å². The van der Waals surface area contributed by atoms with E-state index in [1.165, 1.54) is 0 Å². The number of nitrogens with two attached hydrogens (primary N) is 1. The zero-order valence-electron chi connectivity index (χ0n) is 26.9. The molecule has 1 aromatic rings. The van der Waals surface area contributed by atoms with Crippen molar-refractivity contribution in [1.29, 1.82) is 0 Å². The van der Waals surface area contributed by atoms with Crippen LogP contribution < -0.4 is 16.0 Å². The van der Waals surface area contributed by atoms with Gasteiger partial charge in [-0.15, -0.1) is 48.0 Å². The Morgan fingerprint density at radius 2 is 1.40 bits per heavy atom. The van der Waals surface area contributed by atoms with Crippen LogP contribution in [0.1, 0.15) is 65.4 Å². The third-order valence-electron chi connectivity index (χ3n) is 7.55. The summed E-state index contributed by atoms with van der Waals surface area (Å²) in [6.45, 7) is 8.79. The lowest BCUT2D eigenvalue weighted by molar-refractivity contribution is -0.123. The Hall–Kier alpha value is -0.0900. The van der Waals surface area contributed by atoms with Crippen molar-refractivity contribution in [2.75, 3.05) is 56.2 Å². The summed E-state index contributed by atoms with van der Waals surface area (Å²) in [6.07, 6.45) is 3.80. The van der Waals surface area contributed by atoms with E-state index in [2.05, 4.69) is 10.2 Å². The molecule has 1 saturated carbocycles. The second-order valence-electron chi connectivity index (χ2n) is 10.5. The molecule has 0 spiro atoms. The van der Waals surface area contributed by atoms with E-state index >= 15 is 0 Å². The number of nitrogens with zero attached hydrogens (tertiary/aromatic N) is 1. The highest BCUT2D eigenvalue weighted by molar-refractivity contribution is 7.72. The van der Waals surface area contributed by atoms with E-state index in [9.17, 15) is 13.9 Å². The molecule has 0 radical (unpaired) electrons. The van der Waals surface area contributed by atoms with Crippen molar-refractivity contribution in [2.45, 2.75) is 83.7 Å². The fraction of sp³-hybridized carbons (Fsp3) is 0.759. The van der Waals surface area contributed by atoms with Gasteiger partial charge in [-0.3, -0.25) is 13.9 Å². The number of carbonyl (C=O) groups excluding carboxylic acids is 1. The first-order valence-corrected chi connectivity index (χ1v) is 19.7. The molecule has 3 atom stereocenters. The second kappa shape index (κ2) is 23.3. The van der Waals surface area contributed by atoms with Gasteiger partial charge in [-0.2, -0.15) is 0 Å². The van der Waals surface area contributed by atoms with Gasteiger partial charge in [0.1, 0.15) is 0 Å². The van der Waals surface area contributed by atoms with Gasteiger partial charge in [0.15, 0.2) is 5.40 Å². The van der Waals surface area contributed by atoms with Gasteiger partial charge in [0, 0.05) is 36.6 Å². The molecule has 1 fully saturated rings. The molecule has 16 heteroatoms. The van der Waals surface area contributed by atoms with E-state index in [0.29, 0.717) is 37.7 Å². The summed E-state index contributed by atoms with van der Waals surface area (Å²) in [5.74, 6) is 0.875. The van der Waals surface area contributed by atoms with Gasteiger partial charge in [-0.1, -0.05) is 18.6 Å². The molecule has 1 aliphatic carbocycles. The highest BCUT2D eigenvalue weighted by Gasteiger charge is 2.51. The lowest BCUT2D eigenvalue weighted by Crippen LogP contribution is -2.47. The Balaban J connectivity index is 0.00000968. The van der Waals surface area contributed by atoms with E-state index < -0.39 is 26.6 Å². The summed E-state index contributed by atoms with van der Waals surface area (Å²) in [6, 6.07) is 7.12. The fourth-order valence-electron chi connectivity index (χ4n) is 5.62. The number of carbonyl (C=O) groups is 1. The minimum absolute atomic E-state index is 0. The third kappa shape index (κ3) is 13.7. The molecule has 1 aromatic carbocycles. The molecule has 264 valence electrons. The van der Waals surface area contributed by atoms with Crippen molar-refractivity contribution in [3.05, 3.63) is 29.8 Å². The molecule has 0 saturated heterocycles. The normalized spacial score (nSPS) is 17.4. The Labute approximate surface area is 292 Å². The van der Waals surface area contributed by atoms with Gasteiger partial charge in [-0.25, -0.2) is 0 Å². The number of halogens is 4. The van der Waals surface area contributed by atoms with Crippen LogP contribution >= 0.6 is 63.2 Å². The van der Waals surface area contributed by atoms with Crippen LogP contribution in [0.5, 0.6) is 0 Å². The summed E-state index contributed by atoms with van der Waals surface area (Å²) in [5, 5.41) is 2.09. The van der Waals surface area contributed by atoms with Crippen LogP contribution in [0.25, 0.3) is 0 Å². The Bertz CT molecular complexity index is 1010. The van der Waals surface area contributed by atoms with Crippen molar-refractivity contribution in [3.63, 3.8) is 0 Å². The van der Waals surface area contributed by atoms with E-state index in [4.69, 9.17) is 47.0 Å². The maximum atomic E-state index is 13.9. The molecule has 3 N–H and O–H groups in total. The monoisotopic (exact) mass is 757 g/mol. The van der Waals surface area contributed by atoms with Crippen molar-refractivity contribution >= 4 is 74.8 Å². The molecule has 0 aliphatic heterocycles. The Morgan fingerprint density at radius 1 is 0.911 bits per heavy atom. The van der Waals surface area contributed by atoms with Crippen LogP contribution in [0.3, 0.4) is 0 Å². The number of alkyl halides is 2. The molecule has 2 unspecified atom stereocenters. The van der Waals surface area contributed by atoms with Gasteiger partial charge < -0.3 is 34.0 Å². The molecule has 0 heterocycles. The summed E-state index contributed by atoms with van der Waals surface area (Å²) < 4.78 is 50.2. The quantitative estimate of drug-likeness (QED) is 0.0907. The second-order valence-corrected chi connectivity index (χ2v) is 16.1. The molecule has 45 heavy (non-hydrogen) atoms. The van der Waals surface area contributed by atoms with E-state index in [1.54, 1.807) is 27.7 Å². The predicted molar refractivity (Wildman–Crippen MR) is 190 cm³/mol. The number of rotatable bonds is 22. The maximum Gasteiger partial charge on any atom is 0.345 e. The third-order valence-corrected chi connectivity index (χ3v) is 14.0. The number of benzene rings is 1. The largest absolute Gasteiger partial charge is 0.369 e. The van der Waals surface area contributed by atoms with E-state index in [1.807, 2.05) is 24.3 Å². The first kappa shape index (κ1) is 44.9. The van der Waals surface area contributed by atoms with Crippen LogP contribution in [-0.4, -0.2) is 74.7 Å². The minimum atomic E-state index is -3.82. The Kier molecular flexibility index (Phi) is 23.3. The van der Waals surface area contributed by atoms with Crippen LogP contribution in [0.4, 0.5) is 5.69 Å². The summed E-state index contributed by atoms with van der Waals surface area (Å²) in [4.78, 5) is 15.3. The molecule has 2 rings (SSSR count). The molecular weight excluding hydrogens is 706 g/mol. The zero-order valence-corrected chi connectivity index (χ0v) is 31.8. The molecule has 0 bridgehead atoms. The average molecular weight is 760 g/mol. The lowest BCUT2D eigenvalue weighted by atomic mass is 9.97. The fourth-order valence-corrected chi connectivity index (χ4v) is 11.4. The topological polar surface area (TPSA) is 129 Å². The van der Waals surface area contributed by atoms with Gasteiger partial charge in [0.05, 0.1) is 32.5 Å². The maximum absolute atomic E-state index is 13.9. The van der Waals surface area contributed by atoms with Crippen molar-refractivity contribution in [3.8, 4) is 0 Å². The van der Waals surface area contributed by atoms with Crippen LogP contribution in [0.2, 0.25) is 0 Å². The lowest BCUT2D eigenvalue weighted by Gasteiger charge is -2.32. The summed E-state index contributed by atoms with van der Waals surface area (Å²) >= 11 is 11.9. The molecule has 10 nitrogen and oxygen atoms in total. The number of anilines is 1. The van der Waals surface area contributed by atoms with Crippen LogP contribution in [0, 0.1) is 5.92 Å². The molecule has 1 amide bonds. The number of amides is 1. The van der Waals surface area contributed by atoms with E-state index in [0.717, 1.165) is 30.5 Å². The molecule has 0 aromatic heterocycles. The highest BCUT2D eigenvalue weighted by Crippen LogP contribution is 2.71. The van der Waals surface area contributed by atoms with Gasteiger partial charge in [0.2, 0.25) is 5.91 Å². The van der Waals surface area contributed by atoms with Gasteiger partial charge in [0.25, 0.3) is 0 Å². The first-order valence-electron chi connectivity index (χ1n) is 15.4. The van der Waals surface area contributed by atoms with Crippen molar-refractivity contribution in [1.82, 2.24) is 5.32 Å². The summed E-state index contributed by atoms with van der Waals surface area (Å²) in [5.41, 5.74) is 8.32. The first-order chi connectivity index (χ1) is 20.6. The summed E-state index contributed by atoms with van der Waals surface area (Å²) in [7, 11) is -7.65. The number of nitrogens with one attached hydrogen (secondary N) is 1. The van der Waals surface area contributed by atoms with Crippen LogP contribution in [-0.2, 0) is 38.4 Å². The smallest absolute Gasteiger partial charge is 0.345 e. The number of hydrogen-bond donors (Lipinski definition) is 2. The van der Waals surface area contributed by atoms with Crippen molar-refractivity contribution in [2.24, 2.45) is 11.7 Å². The SMILES string of the molecule is CCOP(=O)(OCC)C(CCC1CCCC1NC(=O)[C@@H](N)Cc1ccc(N(CCCl)CCCl)cc1)P(=O)(OCC)OCC.Cl.Cl. The zero-order chi connectivity index (χ0) is 31.9. The predicted octanol–water partition coefficient (Wildman–Crippen LogP) is 7.61.